The topological polar surface area (TPSA) is 20.2 Å². The van der Waals surface area contributed by atoms with E-state index in [0.29, 0.717) is 0 Å². The minimum Gasteiger partial charge on any atom is -0.388 e. The number of hydrogen-bond acceptors (Lipinski definition) is 2. The molecule has 0 radical (unpaired) electrons. The van der Waals surface area contributed by atoms with E-state index in [1.54, 1.807) is 0 Å². The smallest absolute Gasteiger partial charge is 0.0880 e. The third kappa shape index (κ3) is 4.72. The zero-order chi connectivity index (χ0) is 12.9. The summed E-state index contributed by atoms with van der Waals surface area (Å²) in [5, 5.41) is 10.0. The summed E-state index contributed by atoms with van der Waals surface area (Å²) in [4.78, 5) is 0. The highest BCUT2D eigenvalue weighted by Gasteiger charge is 2.14. The maximum absolute atomic E-state index is 10.0. The van der Waals surface area contributed by atoms with Crippen LogP contribution in [0.5, 0.6) is 0 Å². The summed E-state index contributed by atoms with van der Waals surface area (Å²) in [5.41, 5.74) is 2.52. The molecule has 96 valence electrons. The first-order valence-corrected chi connectivity index (χ1v) is 7.47. The van der Waals surface area contributed by atoms with Crippen LogP contribution in [0.2, 0.25) is 0 Å². The average Bonchev–Trinajstić information content (AvgIpc) is 2.28. The molecule has 1 nitrogen and oxygen atoms in total. The second-order valence-corrected chi connectivity index (χ2v) is 6.61. The fourth-order valence-corrected chi connectivity index (χ4v) is 2.51. The maximum atomic E-state index is 10.0. The Bertz CT molecular complexity index is 324. The third-order valence-electron chi connectivity index (χ3n) is 2.79. The van der Waals surface area contributed by atoms with Gasteiger partial charge in [0.25, 0.3) is 0 Å². The van der Waals surface area contributed by atoms with Crippen molar-refractivity contribution in [3.8, 4) is 0 Å². The van der Waals surface area contributed by atoms with Gasteiger partial charge in [0.2, 0.25) is 0 Å². The molecule has 1 N–H and O–H groups in total. The molecule has 2 heteroatoms. The van der Waals surface area contributed by atoms with Crippen LogP contribution in [0.3, 0.4) is 0 Å². The van der Waals surface area contributed by atoms with Crippen LogP contribution in [0, 0.1) is 0 Å². The Hall–Kier alpha value is -0.470. The van der Waals surface area contributed by atoms with E-state index in [9.17, 15) is 5.11 Å². The van der Waals surface area contributed by atoms with Crippen molar-refractivity contribution in [2.45, 2.75) is 45.6 Å². The number of aliphatic hydroxyl groups excluding tert-OH is 1. The van der Waals surface area contributed by atoms with E-state index < -0.39 is 0 Å². The van der Waals surface area contributed by atoms with E-state index in [4.69, 9.17) is 0 Å². The van der Waals surface area contributed by atoms with Gasteiger partial charge in [-0.3, -0.25) is 0 Å². The minimum atomic E-state index is -0.333. The quantitative estimate of drug-likeness (QED) is 0.794. The first kappa shape index (κ1) is 14.6. The van der Waals surface area contributed by atoms with Crippen LogP contribution >= 0.6 is 11.8 Å². The highest BCUT2D eigenvalue weighted by Crippen LogP contribution is 2.25. The third-order valence-corrected chi connectivity index (χ3v) is 4.03. The SMILES string of the molecule is CCCSCC(O)c1ccc(C(C)(C)C)cc1. The van der Waals surface area contributed by atoms with Crippen molar-refractivity contribution in [2.75, 3.05) is 11.5 Å². The Labute approximate surface area is 110 Å². The number of benzene rings is 1. The van der Waals surface area contributed by atoms with E-state index in [0.717, 1.165) is 17.1 Å². The Morgan fingerprint density at radius 2 is 1.76 bits per heavy atom. The van der Waals surface area contributed by atoms with Crippen LogP contribution < -0.4 is 0 Å². The molecule has 1 aromatic carbocycles. The fourth-order valence-electron chi connectivity index (χ4n) is 1.64. The van der Waals surface area contributed by atoms with Crippen molar-refractivity contribution >= 4 is 11.8 Å². The van der Waals surface area contributed by atoms with Crippen LogP contribution in [-0.4, -0.2) is 16.6 Å². The summed E-state index contributed by atoms with van der Waals surface area (Å²) in [6.45, 7) is 8.78. The van der Waals surface area contributed by atoms with E-state index in [-0.39, 0.29) is 11.5 Å². The molecule has 0 aromatic heterocycles. The lowest BCUT2D eigenvalue weighted by atomic mass is 9.86. The lowest BCUT2D eigenvalue weighted by Crippen LogP contribution is -2.11. The number of aliphatic hydroxyl groups is 1. The molecule has 1 aromatic rings. The van der Waals surface area contributed by atoms with Gasteiger partial charge >= 0.3 is 0 Å². The fraction of sp³-hybridized carbons (Fsp3) is 0.600. The lowest BCUT2D eigenvalue weighted by Gasteiger charge is -2.20. The van der Waals surface area contributed by atoms with Gasteiger partial charge in [-0.1, -0.05) is 52.0 Å². The molecular weight excluding hydrogens is 228 g/mol. The summed E-state index contributed by atoms with van der Waals surface area (Å²) < 4.78 is 0. The van der Waals surface area contributed by atoms with Gasteiger partial charge in [0, 0.05) is 5.75 Å². The van der Waals surface area contributed by atoms with Gasteiger partial charge in [-0.2, -0.15) is 11.8 Å². The standard InChI is InChI=1S/C15H24OS/c1-5-10-17-11-14(16)12-6-8-13(9-7-12)15(2,3)4/h6-9,14,16H,5,10-11H2,1-4H3. The molecule has 0 fully saturated rings. The van der Waals surface area contributed by atoms with Crippen molar-refractivity contribution in [1.29, 1.82) is 0 Å². The van der Waals surface area contributed by atoms with Crippen LogP contribution in [0.25, 0.3) is 0 Å². The molecule has 0 heterocycles. The molecule has 0 saturated carbocycles. The summed E-state index contributed by atoms with van der Waals surface area (Å²) >= 11 is 1.82. The minimum absolute atomic E-state index is 0.181. The molecule has 1 unspecified atom stereocenters. The van der Waals surface area contributed by atoms with Gasteiger partial charge in [-0.05, 0) is 28.7 Å². The van der Waals surface area contributed by atoms with Crippen LogP contribution in [0.15, 0.2) is 24.3 Å². The lowest BCUT2D eigenvalue weighted by molar-refractivity contribution is 0.204. The Morgan fingerprint density at radius 3 is 2.24 bits per heavy atom. The zero-order valence-corrected chi connectivity index (χ0v) is 12.2. The van der Waals surface area contributed by atoms with Gasteiger partial charge in [0.05, 0.1) is 6.10 Å². The summed E-state index contributed by atoms with van der Waals surface area (Å²) in [7, 11) is 0. The van der Waals surface area contributed by atoms with Crippen molar-refractivity contribution in [3.63, 3.8) is 0 Å². The molecule has 1 atom stereocenters. The maximum Gasteiger partial charge on any atom is 0.0880 e. The molecule has 17 heavy (non-hydrogen) atoms. The second kappa shape index (κ2) is 6.46. The molecule has 0 spiro atoms. The molecule has 0 aliphatic heterocycles. The summed E-state index contributed by atoms with van der Waals surface area (Å²) in [5.74, 6) is 1.92. The average molecular weight is 252 g/mol. The van der Waals surface area contributed by atoms with E-state index in [1.807, 2.05) is 11.8 Å². The predicted octanol–water partition coefficient (Wildman–Crippen LogP) is 4.16. The molecule has 0 saturated heterocycles. The van der Waals surface area contributed by atoms with Crippen molar-refractivity contribution < 1.29 is 5.11 Å². The normalized spacial score (nSPS) is 13.7. The number of rotatable bonds is 5. The van der Waals surface area contributed by atoms with E-state index in [1.165, 1.54) is 12.0 Å². The van der Waals surface area contributed by atoms with E-state index >= 15 is 0 Å². The number of hydrogen-bond donors (Lipinski definition) is 1. The van der Waals surface area contributed by atoms with Crippen LogP contribution in [0.4, 0.5) is 0 Å². The Kier molecular flexibility index (Phi) is 5.54. The summed E-state index contributed by atoms with van der Waals surface area (Å²) in [6, 6.07) is 8.36. The van der Waals surface area contributed by atoms with Gasteiger partial charge in [-0.15, -0.1) is 0 Å². The van der Waals surface area contributed by atoms with Crippen LogP contribution in [-0.2, 0) is 5.41 Å². The Morgan fingerprint density at radius 1 is 1.18 bits per heavy atom. The van der Waals surface area contributed by atoms with Gasteiger partial charge in [0.15, 0.2) is 0 Å². The summed E-state index contributed by atoms with van der Waals surface area (Å²) in [6.07, 6.45) is 0.834. The van der Waals surface area contributed by atoms with Crippen molar-refractivity contribution in [2.24, 2.45) is 0 Å². The molecule has 0 aliphatic carbocycles. The highest BCUT2D eigenvalue weighted by atomic mass is 32.2. The second-order valence-electron chi connectivity index (χ2n) is 5.46. The first-order valence-electron chi connectivity index (χ1n) is 6.31. The monoisotopic (exact) mass is 252 g/mol. The van der Waals surface area contributed by atoms with Crippen LogP contribution in [0.1, 0.15) is 51.3 Å². The predicted molar refractivity (Wildman–Crippen MR) is 77.7 cm³/mol. The molecule has 0 bridgehead atoms. The van der Waals surface area contributed by atoms with Gasteiger partial charge in [0.1, 0.15) is 0 Å². The Balaban J connectivity index is 2.61. The molecule has 0 aliphatic rings. The van der Waals surface area contributed by atoms with Crippen molar-refractivity contribution in [1.82, 2.24) is 0 Å². The first-order chi connectivity index (χ1) is 7.95. The van der Waals surface area contributed by atoms with E-state index in [2.05, 4.69) is 52.0 Å². The molecule has 0 amide bonds. The van der Waals surface area contributed by atoms with Gasteiger partial charge < -0.3 is 5.11 Å². The van der Waals surface area contributed by atoms with Crippen molar-refractivity contribution in [3.05, 3.63) is 35.4 Å². The largest absolute Gasteiger partial charge is 0.388 e. The number of thioether (sulfide) groups is 1. The molecule has 1 rings (SSSR count). The molecular formula is C15H24OS. The van der Waals surface area contributed by atoms with Gasteiger partial charge in [-0.25, -0.2) is 0 Å². The zero-order valence-electron chi connectivity index (χ0n) is 11.4. The highest BCUT2D eigenvalue weighted by molar-refractivity contribution is 7.99.